The number of benzene rings is 1. The summed E-state index contributed by atoms with van der Waals surface area (Å²) in [6.45, 7) is 11.3. The van der Waals surface area contributed by atoms with E-state index >= 15 is 0 Å². The molecular weight excluding hydrogens is 212 g/mol. The van der Waals surface area contributed by atoms with Gasteiger partial charge in [0, 0.05) is 9.58 Å². The average molecular weight is 232 g/mol. The molecule has 2 aromatic rings. The van der Waals surface area contributed by atoms with Crippen molar-refractivity contribution in [2.24, 2.45) is 0 Å². The molecule has 0 nitrogen and oxygen atoms in total. The summed E-state index contributed by atoms with van der Waals surface area (Å²) < 4.78 is 1.41. The third-order valence-electron chi connectivity index (χ3n) is 2.95. The second-order valence-electron chi connectivity index (χ2n) is 5.81. The molecule has 1 heteroatoms. The lowest BCUT2D eigenvalue weighted by atomic mass is 9.94. The van der Waals surface area contributed by atoms with Gasteiger partial charge in [0.15, 0.2) is 0 Å². The van der Waals surface area contributed by atoms with E-state index in [0.717, 1.165) is 0 Å². The van der Waals surface area contributed by atoms with Crippen molar-refractivity contribution in [3.63, 3.8) is 0 Å². The number of hydrogen-bond donors (Lipinski definition) is 0. The van der Waals surface area contributed by atoms with Gasteiger partial charge in [0.2, 0.25) is 0 Å². The maximum absolute atomic E-state index is 2.35. The quantitative estimate of drug-likeness (QED) is 0.624. The molecule has 2 rings (SSSR count). The van der Waals surface area contributed by atoms with Crippen LogP contribution >= 0.6 is 11.3 Å². The van der Waals surface area contributed by atoms with Crippen LogP contribution in [0.2, 0.25) is 0 Å². The van der Waals surface area contributed by atoms with Crippen LogP contribution in [0.4, 0.5) is 0 Å². The summed E-state index contributed by atoms with van der Waals surface area (Å²) in [5.74, 6) is 0.613. The smallest absolute Gasteiger partial charge is 0.0346 e. The molecule has 0 saturated carbocycles. The van der Waals surface area contributed by atoms with E-state index in [2.05, 4.69) is 58.9 Å². The maximum atomic E-state index is 2.35. The van der Waals surface area contributed by atoms with E-state index < -0.39 is 0 Å². The van der Waals surface area contributed by atoms with E-state index in [1.54, 1.807) is 0 Å². The highest BCUT2D eigenvalue weighted by molar-refractivity contribution is 7.19. The molecule has 0 aliphatic rings. The third-order valence-corrected chi connectivity index (χ3v) is 4.49. The molecule has 16 heavy (non-hydrogen) atoms. The molecule has 0 saturated heterocycles. The highest BCUT2D eigenvalue weighted by Crippen LogP contribution is 2.35. The Morgan fingerprint density at radius 1 is 1.06 bits per heavy atom. The second kappa shape index (κ2) is 3.89. The van der Waals surface area contributed by atoms with Crippen molar-refractivity contribution in [1.29, 1.82) is 0 Å². The van der Waals surface area contributed by atoms with Crippen molar-refractivity contribution in [3.05, 3.63) is 34.7 Å². The summed E-state index contributed by atoms with van der Waals surface area (Å²) >= 11 is 1.92. The maximum Gasteiger partial charge on any atom is 0.0346 e. The van der Waals surface area contributed by atoms with E-state index in [-0.39, 0.29) is 5.41 Å². The first-order chi connectivity index (χ1) is 7.38. The van der Waals surface area contributed by atoms with Gasteiger partial charge in [0.05, 0.1) is 0 Å². The Labute approximate surface area is 102 Å². The normalized spacial score (nSPS) is 12.6. The summed E-state index contributed by atoms with van der Waals surface area (Å²) in [6.07, 6.45) is 0. The van der Waals surface area contributed by atoms with Crippen LogP contribution in [-0.2, 0) is 5.41 Å². The Morgan fingerprint density at radius 2 is 1.75 bits per heavy atom. The summed E-state index contributed by atoms with van der Waals surface area (Å²) in [7, 11) is 0. The highest BCUT2D eigenvalue weighted by atomic mass is 32.1. The molecular formula is C15H20S. The van der Waals surface area contributed by atoms with Crippen LogP contribution in [0.15, 0.2) is 24.3 Å². The zero-order chi connectivity index (χ0) is 11.9. The fourth-order valence-electron chi connectivity index (χ4n) is 1.79. The molecule has 0 aliphatic carbocycles. The number of thiophene rings is 1. The van der Waals surface area contributed by atoms with Crippen molar-refractivity contribution in [2.75, 3.05) is 0 Å². The van der Waals surface area contributed by atoms with Crippen molar-refractivity contribution in [3.8, 4) is 0 Å². The van der Waals surface area contributed by atoms with E-state index in [1.165, 1.54) is 20.5 Å². The van der Waals surface area contributed by atoms with Gasteiger partial charge in [0.25, 0.3) is 0 Å². The Morgan fingerprint density at radius 3 is 2.31 bits per heavy atom. The zero-order valence-electron chi connectivity index (χ0n) is 10.8. The zero-order valence-corrected chi connectivity index (χ0v) is 11.6. The average Bonchev–Trinajstić information content (AvgIpc) is 2.58. The minimum atomic E-state index is 0.266. The number of hydrogen-bond acceptors (Lipinski definition) is 1. The third kappa shape index (κ3) is 2.15. The van der Waals surface area contributed by atoms with Gasteiger partial charge in [-0.1, -0.05) is 46.8 Å². The standard InChI is InChI=1S/C15H20S/c1-10(2)11-6-7-13-12(8-11)9-14(16-13)15(3,4)5/h6-10H,1-5H3. The van der Waals surface area contributed by atoms with Gasteiger partial charge in [-0.15, -0.1) is 11.3 Å². The van der Waals surface area contributed by atoms with Crippen molar-refractivity contribution >= 4 is 21.4 Å². The number of rotatable bonds is 1. The molecule has 86 valence electrons. The van der Waals surface area contributed by atoms with Crippen LogP contribution in [0.5, 0.6) is 0 Å². The minimum absolute atomic E-state index is 0.266. The Bertz CT molecular complexity index is 498. The Kier molecular flexibility index (Phi) is 2.83. The van der Waals surface area contributed by atoms with Gasteiger partial charge < -0.3 is 0 Å². The number of fused-ring (bicyclic) bond motifs is 1. The fraction of sp³-hybridized carbons (Fsp3) is 0.467. The van der Waals surface area contributed by atoms with Gasteiger partial charge in [-0.3, -0.25) is 0 Å². The molecule has 0 bridgehead atoms. The first kappa shape index (κ1) is 11.7. The van der Waals surface area contributed by atoms with Crippen LogP contribution in [0, 0.1) is 0 Å². The molecule has 1 aromatic heterocycles. The van der Waals surface area contributed by atoms with E-state index in [9.17, 15) is 0 Å². The lowest BCUT2D eigenvalue weighted by Crippen LogP contribution is -2.07. The molecule has 0 unspecified atom stereocenters. The van der Waals surface area contributed by atoms with Gasteiger partial charge in [-0.2, -0.15) is 0 Å². The topological polar surface area (TPSA) is 0 Å². The summed E-state index contributed by atoms with van der Waals surface area (Å²) in [6, 6.07) is 9.22. The second-order valence-corrected chi connectivity index (χ2v) is 6.90. The molecule has 0 amide bonds. The summed E-state index contributed by atoms with van der Waals surface area (Å²) in [4.78, 5) is 1.48. The SMILES string of the molecule is CC(C)c1ccc2sc(C(C)(C)C)cc2c1. The molecule has 0 fully saturated rings. The molecule has 0 N–H and O–H groups in total. The van der Waals surface area contributed by atoms with E-state index in [1.807, 2.05) is 11.3 Å². The van der Waals surface area contributed by atoms with E-state index in [4.69, 9.17) is 0 Å². The van der Waals surface area contributed by atoms with Crippen LogP contribution in [0.25, 0.3) is 10.1 Å². The molecule has 1 aromatic carbocycles. The molecule has 0 spiro atoms. The monoisotopic (exact) mass is 232 g/mol. The fourth-order valence-corrected chi connectivity index (χ4v) is 2.89. The highest BCUT2D eigenvalue weighted by Gasteiger charge is 2.16. The van der Waals surface area contributed by atoms with Gasteiger partial charge >= 0.3 is 0 Å². The molecule has 1 heterocycles. The van der Waals surface area contributed by atoms with E-state index in [0.29, 0.717) is 5.92 Å². The van der Waals surface area contributed by atoms with Crippen molar-refractivity contribution < 1.29 is 0 Å². The van der Waals surface area contributed by atoms with Crippen LogP contribution in [0.1, 0.15) is 51.0 Å². The van der Waals surface area contributed by atoms with Crippen LogP contribution in [0.3, 0.4) is 0 Å². The Balaban J connectivity index is 2.54. The molecule has 0 aliphatic heterocycles. The van der Waals surface area contributed by atoms with Crippen LogP contribution < -0.4 is 0 Å². The minimum Gasteiger partial charge on any atom is -0.140 e. The predicted molar refractivity (Wildman–Crippen MR) is 74.6 cm³/mol. The van der Waals surface area contributed by atoms with Crippen molar-refractivity contribution in [1.82, 2.24) is 0 Å². The van der Waals surface area contributed by atoms with Gasteiger partial charge in [-0.25, -0.2) is 0 Å². The molecule has 0 radical (unpaired) electrons. The van der Waals surface area contributed by atoms with Gasteiger partial charge in [0.1, 0.15) is 0 Å². The molecule has 0 atom stereocenters. The first-order valence-electron chi connectivity index (χ1n) is 5.92. The largest absolute Gasteiger partial charge is 0.140 e. The lowest BCUT2D eigenvalue weighted by molar-refractivity contribution is 0.604. The van der Waals surface area contributed by atoms with Gasteiger partial charge in [-0.05, 0) is 34.4 Å². The first-order valence-corrected chi connectivity index (χ1v) is 6.73. The summed E-state index contributed by atoms with van der Waals surface area (Å²) in [5, 5.41) is 1.40. The van der Waals surface area contributed by atoms with Crippen molar-refractivity contribution in [2.45, 2.75) is 46.0 Å². The summed E-state index contributed by atoms with van der Waals surface area (Å²) in [5.41, 5.74) is 1.70. The lowest BCUT2D eigenvalue weighted by Gasteiger charge is -2.14. The predicted octanol–water partition coefficient (Wildman–Crippen LogP) is 5.32. The van der Waals surface area contributed by atoms with Crippen LogP contribution in [-0.4, -0.2) is 0 Å². The Hall–Kier alpha value is -0.820.